The fraction of sp³-hybridized carbons (Fsp3) is 0.562. The summed E-state index contributed by atoms with van der Waals surface area (Å²) in [6.07, 6.45) is 6.62. The highest BCUT2D eigenvalue weighted by atomic mass is 32.2. The fourth-order valence-corrected chi connectivity index (χ4v) is 4.46. The number of aromatic nitrogens is 2. The van der Waals surface area contributed by atoms with Crippen LogP contribution in [0.25, 0.3) is 0 Å². The maximum Gasteiger partial charge on any atom is 0.344 e. The molecule has 25 heavy (non-hydrogen) atoms. The van der Waals surface area contributed by atoms with Gasteiger partial charge in [-0.15, -0.1) is 0 Å². The van der Waals surface area contributed by atoms with Gasteiger partial charge in [0.1, 0.15) is 17.5 Å². The number of carbonyl (C=O) groups excluding carboxylic acids is 3. The second-order valence-electron chi connectivity index (χ2n) is 6.88. The van der Waals surface area contributed by atoms with Crippen molar-refractivity contribution in [2.75, 3.05) is 11.2 Å². The number of hydrogen-bond donors (Lipinski definition) is 1. The van der Waals surface area contributed by atoms with Crippen LogP contribution in [0.15, 0.2) is 11.4 Å². The lowest BCUT2D eigenvalue weighted by atomic mass is 9.76. The summed E-state index contributed by atoms with van der Waals surface area (Å²) >= 11 is -1.37. The Hall–Kier alpha value is -2.00. The van der Waals surface area contributed by atoms with Crippen LogP contribution in [0.4, 0.5) is 5.82 Å². The molecule has 1 aromatic heterocycles. The number of anilines is 1. The zero-order chi connectivity index (χ0) is 17.8. The van der Waals surface area contributed by atoms with E-state index in [9.17, 15) is 18.9 Å². The van der Waals surface area contributed by atoms with Gasteiger partial charge in [0.05, 0.1) is 6.42 Å². The number of nitrogens with one attached hydrogen (secondary N) is 1. The fourth-order valence-electron chi connectivity index (χ4n) is 4.04. The van der Waals surface area contributed by atoms with E-state index in [2.05, 4.69) is 15.3 Å². The molecule has 1 aliphatic carbocycles. The van der Waals surface area contributed by atoms with Crippen LogP contribution in [-0.2, 0) is 32.0 Å². The number of rotatable bonds is 2. The zero-order valence-electron chi connectivity index (χ0n) is 13.8. The molecule has 2 aliphatic heterocycles. The third kappa shape index (κ3) is 2.44. The van der Waals surface area contributed by atoms with E-state index in [1.54, 1.807) is 4.90 Å². The van der Waals surface area contributed by atoms with Gasteiger partial charge in [0.2, 0.25) is 17.7 Å². The lowest BCUT2D eigenvalue weighted by Gasteiger charge is -2.40. The van der Waals surface area contributed by atoms with Crippen LogP contribution in [0.5, 0.6) is 0 Å². The van der Waals surface area contributed by atoms with E-state index in [4.69, 9.17) is 0 Å². The van der Waals surface area contributed by atoms with E-state index in [-0.39, 0.29) is 29.9 Å². The predicted octanol–water partition coefficient (Wildman–Crippen LogP) is 0.0786. The average Bonchev–Trinajstić information content (AvgIpc) is 3.17. The quantitative estimate of drug-likeness (QED) is 0.345. The van der Waals surface area contributed by atoms with Crippen LogP contribution < -0.4 is 10.2 Å². The first-order chi connectivity index (χ1) is 11.9. The Labute approximate surface area is 147 Å². The Morgan fingerprint density at radius 1 is 1.28 bits per heavy atom. The van der Waals surface area contributed by atoms with Gasteiger partial charge in [-0.25, -0.2) is 0 Å². The van der Waals surface area contributed by atoms with E-state index in [0.717, 1.165) is 25.7 Å². The van der Waals surface area contributed by atoms with Crippen LogP contribution in [0.1, 0.15) is 37.7 Å². The Balaban J connectivity index is 1.85. The van der Waals surface area contributed by atoms with Gasteiger partial charge in [-0.3, -0.25) is 24.6 Å². The van der Waals surface area contributed by atoms with Gasteiger partial charge in [0.15, 0.2) is 0 Å². The first-order valence-corrected chi connectivity index (χ1v) is 9.85. The maximum atomic E-state index is 13.3. The largest absolute Gasteiger partial charge is 0.609 e. The molecular weight excluding hydrogens is 344 g/mol. The summed E-state index contributed by atoms with van der Waals surface area (Å²) in [5, 5.41) is 2.43. The van der Waals surface area contributed by atoms with Gasteiger partial charge in [-0.1, -0.05) is 12.8 Å². The van der Waals surface area contributed by atoms with Crippen molar-refractivity contribution in [2.45, 2.75) is 49.7 Å². The lowest BCUT2D eigenvalue weighted by molar-refractivity contribution is -0.140. The molecule has 0 radical (unpaired) electrons. The Morgan fingerprint density at radius 2 is 2.00 bits per heavy atom. The topological polar surface area (TPSA) is 115 Å². The third-order valence-corrected chi connectivity index (χ3v) is 5.98. The molecule has 4 rings (SSSR count). The van der Waals surface area contributed by atoms with Crippen molar-refractivity contribution in [3.8, 4) is 0 Å². The Morgan fingerprint density at radius 3 is 2.60 bits per heavy atom. The van der Waals surface area contributed by atoms with Crippen LogP contribution in [0.2, 0.25) is 0 Å². The van der Waals surface area contributed by atoms with Crippen LogP contribution >= 0.6 is 0 Å². The van der Waals surface area contributed by atoms with E-state index in [1.165, 1.54) is 12.5 Å². The summed E-state index contributed by atoms with van der Waals surface area (Å²) < 4.78 is 11.8. The molecule has 1 spiro atoms. The molecule has 3 amide bonds. The highest BCUT2D eigenvalue weighted by Crippen LogP contribution is 2.44. The minimum Gasteiger partial charge on any atom is -0.609 e. The molecule has 3 aliphatic rings. The molecule has 8 nitrogen and oxygen atoms in total. The molecular formula is C16H18N4O4S. The average molecular weight is 362 g/mol. The highest BCUT2D eigenvalue weighted by Gasteiger charge is 2.58. The second kappa shape index (κ2) is 5.77. The first-order valence-electron chi connectivity index (χ1n) is 8.30. The van der Waals surface area contributed by atoms with Crippen molar-refractivity contribution in [3.05, 3.63) is 11.8 Å². The van der Waals surface area contributed by atoms with Gasteiger partial charge >= 0.3 is 5.16 Å². The van der Waals surface area contributed by atoms with Crippen LogP contribution in [0.3, 0.4) is 0 Å². The van der Waals surface area contributed by atoms with Gasteiger partial charge in [0.25, 0.3) is 0 Å². The third-order valence-electron chi connectivity index (χ3n) is 5.27. The molecule has 1 saturated carbocycles. The van der Waals surface area contributed by atoms with E-state index < -0.39 is 28.4 Å². The van der Waals surface area contributed by atoms with Crippen molar-refractivity contribution in [1.82, 2.24) is 15.3 Å². The molecule has 1 aromatic rings. The highest BCUT2D eigenvalue weighted by molar-refractivity contribution is 7.90. The number of carbonyl (C=O) groups is 3. The van der Waals surface area contributed by atoms with Crippen molar-refractivity contribution >= 4 is 34.7 Å². The van der Waals surface area contributed by atoms with Crippen molar-refractivity contribution < 1.29 is 18.9 Å². The van der Waals surface area contributed by atoms with Gasteiger partial charge < -0.3 is 4.55 Å². The van der Waals surface area contributed by atoms with E-state index >= 15 is 0 Å². The zero-order valence-corrected chi connectivity index (χ0v) is 14.6. The van der Waals surface area contributed by atoms with Crippen LogP contribution in [-0.4, -0.2) is 44.5 Å². The maximum absolute atomic E-state index is 13.3. The smallest absolute Gasteiger partial charge is 0.344 e. The predicted molar refractivity (Wildman–Crippen MR) is 88.0 cm³/mol. The number of hydrogen-bond acceptors (Lipinski definition) is 6. The number of fused-ring (bicyclic) bond motifs is 1. The van der Waals surface area contributed by atoms with Gasteiger partial charge in [-0.2, -0.15) is 9.97 Å². The molecule has 2 unspecified atom stereocenters. The van der Waals surface area contributed by atoms with E-state index in [1.807, 2.05) is 0 Å². The summed E-state index contributed by atoms with van der Waals surface area (Å²) in [7, 11) is 0. The van der Waals surface area contributed by atoms with Gasteiger partial charge in [-0.05, 0) is 12.8 Å². The van der Waals surface area contributed by atoms with Crippen molar-refractivity contribution in [1.29, 1.82) is 0 Å². The van der Waals surface area contributed by atoms with Gasteiger partial charge in [0, 0.05) is 35.4 Å². The van der Waals surface area contributed by atoms with E-state index in [0.29, 0.717) is 11.4 Å². The normalized spacial score (nSPS) is 27.8. The molecule has 2 fully saturated rings. The summed E-state index contributed by atoms with van der Waals surface area (Å²) in [6, 6.07) is -0.0556. The minimum absolute atomic E-state index is 0.0556. The summed E-state index contributed by atoms with van der Waals surface area (Å²) in [5.74, 6) is -0.906. The molecule has 1 N–H and O–H groups in total. The molecule has 0 aromatic carbocycles. The summed E-state index contributed by atoms with van der Waals surface area (Å²) in [6.45, 7) is 0. The molecule has 1 saturated heterocycles. The monoisotopic (exact) mass is 362 g/mol. The SMILES string of the molecule is C[S+]([O-])c1ncc2c(n1)N(C1CCCC1)C(=O)C1(CC(=O)NC1=O)C2. The number of amides is 3. The standard InChI is InChI=1S/C16H18N4O4S/c1-25(24)15-17-8-9-6-16(7-11(21)18-13(16)22)14(23)20(12(9)19-15)10-4-2-3-5-10/h8,10H,2-7H2,1H3,(H,18,21,22). The molecule has 2 atom stereocenters. The molecule has 9 heteroatoms. The molecule has 132 valence electrons. The molecule has 0 bridgehead atoms. The molecule has 3 heterocycles. The van der Waals surface area contributed by atoms with Crippen molar-refractivity contribution in [2.24, 2.45) is 5.41 Å². The number of nitrogens with zero attached hydrogens (tertiary/aromatic N) is 3. The van der Waals surface area contributed by atoms with Crippen LogP contribution in [0, 0.1) is 5.41 Å². The minimum atomic E-state index is -1.40. The number of imide groups is 1. The Kier molecular flexibility index (Phi) is 3.80. The lowest BCUT2D eigenvalue weighted by Crippen LogP contribution is -2.56. The van der Waals surface area contributed by atoms with Crippen molar-refractivity contribution in [3.63, 3.8) is 0 Å². The second-order valence-corrected chi connectivity index (χ2v) is 8.16. The Bertz CT molecular complexity index is 777. The first kappa shape index (κ1) is 16.5. The summed E-state index contributed by atoms with van der Waals surface area (Å²) in [5.41, 5.74) is -0.756. The summed E-state index contributed by atoms with van der Waals surface area (Å²) in [4.78, 5) is 47.6.